The molecule has 0 aliphatic rings. The summed E-state index contributed by atoms with van der Waals surface area (Å²) in [7, 11) is 0. The van der Waals surface area contributed by atoms with Crippen LogP contribution in [0, 0.1) is 0 Å². The summed E-state index contributed by atoms with van der Waals surface area (Å²) in [5.74, 6) is 1.79. The Morgan fingerprint density at radius 1 is 1.08 bits per heavy atom. The van der Waals surface area contributed by atoms with Crippen molar-refractivity contribution in [1.82, 2.24) is 15.6 Å². The SMILES string of the molecule is CCCOc1cccc(CCNC(=NCCc2ccccn2)NCC)c1. The number of aliphatic imine (C=N–C) groups is 1. The zero-order valence-corrected chi connectivity index (χ0v) is 15.9. The molecule has 0 amide bonds. The van der Waals surface area contributed by atoms with Crippen molar-refractivity contribution in [3.05, 3.63) is 59.9 Å². The lowest BCUT2D eigenvalue weighted by Crippen LogP contribution is -2.38. The van der Waals surface area contributed by atoms with Gasteiger partial charge in [-0.1, -0.05) is 25.1 Å². The fourth-order valence-corrected chi connectivity index (χ4v) is 2.51. The van der Waals surface area contributed by atoms with Crippen LogP contribution in [0.3, 0.4) is 0 Å². The number of benzene rings is 1. The van der Waals surface area contributed by atoms with E-state index in [1.165, 1.54) is 5.56 Å². The van der Waals surface area contributed by atoms with Crippen molar-refractivity contribution in [2.45, 2.75) is 33.1 Å². The number of ether oxygens (including phenoxy) is 1. The Morgan fingerprint density at radius 2 is 2.00 bits per heavy atom. The maximum Gasteiger partial charge on any atom is 0.191 e. The third-order valence-corrected chi connectivity index (χ3v) is 3.79. The van der Waals surface area contributed by atoms with Crippen molar-refractivity contribution in [2.75, 3.05) is 26.2 Å². The number of nitrogens with zero attached hydrogens (tertiary/aromatic N) is 2. The maximum absolute atomic E-state index is 5.69. The van der Waals surface area contributed by atoms with Crippen molar-refractivity contribution in [3.8, 4) is 5.75 Å². The first-order chi connectivity index (χ1) is 12.8. The van der Waals surface area contributed by atoms with E-state index in [9.17, 15) is 0 Å². The highest BCUT2D eigenvalue weighted by atomic mass is 16.5. The summed E-state index contributed by atoms with van der Waals surface area (Å²) >= 11 is 0. The van der Waals surface area contributed by atoms with E-state index in [-0.39, 0.29) is 0 Å². The molecule has 140 valence electrons. The number of hydrogen-bond donors (Lipinski definition) is 2. The maximum atomic E-state index is 5.69. The van der Waals surface area contributed by atoms with Gasteiger partial charge in [0.1, 0.15) is 5.75 Å². The Kier molecular flexibility index (Phi) is 9.05. The number of guanidine groups is 1. The molecule has 1 heterocycles. The Balaban J connectivity index is 1.79. The number of nitrogens with one attached hydrogen (secondary N) is 2. The highest BCUT2D eigenvalue weighted by Gasteiger charge is 2.00. The van der Waals surface area contributed by atoms with E-state index in [1.807, 2.05) is 36.5 Å². The molecule has 0 bridgehead atoms. The molecule has 1 aromatic carbocycles. The van der Waals surface area contributed by atoms with Crippen molar-refractivity contribution in [3.63, 3.8) is 0 Å². The average molecular weight is 354 g/mol. The van der Waals surface area contributed by atoms with Crippen LogP contribution >= 0.6 is 0 Å². The molecule has 5 heteroatoms. The van der Waals surface area contributed by atoms with Crippen LogP contribution in [0.2, 0.25) is 0 Å². The summed E-state index contributed by atoms with van der Waals surface area (Å²) in [6.07, 6.45) is 4.61. The van der Waals surface area contributed by atoms with Gasteiger partial charge < -0.3 is 15.4 Å². The minimum atomic E-state index is 0.715. The summed E-state index contributed by atoms with van der Waals surface area (Å²) < 4.78 is 5.69. The van der Waals surface area contributed by atoms with Gasteiger partial charge in [0.25, 0.3) is 0 Å². The number of rotatable bonds is 10. The van der Waals surface area contributed by atoms with E-state index in [0.29, 0.717) is 6.54 Å². The number of pyridine rings is 1. The van der Waals surface area contributed by atoms with Crippen LogP contribution in [-0.4, -0.2) is 37.2 Å². The van der Waals surface area contributed by atoms with Crippen molar-refractivity contribution >= 4 is 5.96 Å². The lowest BCUT2D eigenvalue weighted by molar-refractivity contribution is 0.317. The molecule has 0 unspecified atom stereocenters. The molecule has 26 heavy (non-hydrogen) atoms. The molecule has 0 fully saturated rings. The first-order valence-corrected chi connectivity index (χ1v) is 9.45. The zero-order chi connectivity index (χ0) is 18.5. The predicted octanol–water partition coefficient (Wildman–Crippen LogP) is 3.21. The molecule has 0 saturated heterocycles. The van der Waals surface area contributed by atoms with E-state index in [4.69, 9.17) is 4.74 Å². The van der Waals surface area contributed by atoms with Gasteiger partial charge in [0.2, 0.25) is 0 Å². The molecule has 0 aliphatic carbocycles. The van der Waals surface area contributed by atoms with Gasteiger partial charge in [-0.2, -0.15) is 0 Å². The average Bonchev–Trinajstić information content (AvgIpc) is 2.67. The van der Waals surface area contributed by atoms with Gasteiger partial charge >= 0.3 is 0 Å². The van der Waals surface area contributed by atoms with Gasteiger partial charge in [-0.05, 0) is 49.6 Å². The lowest BCUT2D eigenvalue weighted by atomic mass is 10.1. The second-order valence-electron chi connectivity index (χ2n) is 6.00. The van der Waals surface area contributed by atoms with E-state index in [1.54, 1.807) is 0 Å². The molecule has 2 N–H and O–H groups in total. The van der Waals surface area contributed by atoms with E-state index in [2.05, 4.69) is 46.6 Å². The minimum absolute atomic E-state index is 0.715. The van der Waals surface area contributed by atoms with Crippen LogP contribution in [-0.2, 0) is 12.8 Å². The smallest absolute Gasteiger partial charge is 0.191 e. The zero-order valence-electron chi connectivity index (χ0n) is 15.9. The van der Waals surface area contributed by atoms with Crippen LogP contribution in [0.15, 0.2) is 53.7 Å². The van der Waals surface area contributed by atoms with Crippen LogP contribution in [0.5, 0.6) is 5.75 Å². The molecule has 0 radical (unpaired) electrons. The molecule has 0 spiro atoms. The fourth-order valence-electron chi connectivity index (χ4n) is 2.51. The summed E-state index contributed by atoms with van der Waals surface area (Å²) in [6.45, 7) is 7.33. The predicted molar refractivity (Wildman–Crippen MR) is 108 cm³/mol. The molecule has 1 aromatic heterocycles. The molecule has 2 aromatic rings. The van der Waals surface area contributed by atoms with Crippen LogP contribution in [0.25, 0.3) is 0 Å². The Labute approximate surface area is 156 Å². The van der Waals surface area contributed by atoms with Gasteiger partial charge in [-0.15, -0.1) is 0 Å². The quantitative estimate of drug-likeness (QED) is 0.508. The molecule has 0 atom stereocenters. The monoisotopic (exact) mass is 354 g/mol. The first kappa shape index (κ1) is 19.8. The van der Waals surface area contributed by atoms with Gasteiger partial charge in [-0.3, -0.25) is 9.98 Å². The molecule has 5 nitrogen and oxygen atoms in total. The van der Waals surface area contributed by atoms with Gasteiger partial charge in [0.05, 0.1) is 6.61 Å². The number of hydrogen-bond acceptors (Lipinski definition) is 3. The van der Waals surface area contributed by atoms with E-state index in [0.717, 1.165) is 56.4 Å². The fraction of sp³-hybridized carbons (Fsp3) is 0.429. The summed E-state index contributed by atoms with van der Waals surface area (Å²) in [5, 5.41) is 6.68. The second kappa shape index (κ2) is 11.9. The summed E-state index contributed by atoms with van der Waals surface area (Å²) in [6, 6.07) is 14.3. The topological polar surface area (TPSA) is 58.5 Å². The molecular weight excluding hydrogens is 324 g/mol. The van der Waals surface area contributed by atoms with Gasteiger partial charge in [0.15, 0.2) is 5.96 Å². The van der Waals surface area contributed by atoms with Gasteiger partial charge in [0, 0.05) is 37.9 Å². The third kappa shape index (κ3) is 7.55. The van der Waals surface area contributed by atoms with E-state index < -0.39 is 0 Å². The summed E-state index contributed by atoms with van der Waals surface area (Å²) in [5.41, 5.74) is 2.33. The minimum Gasteiger partial charge on any atom is -0.494 e. The van der Waals surface area contributed by atoms with Crippen molar-refractivity contribution in [2.24, 2.45) is 4.99 Å². The van der Waals surface area contributed by atoms with Gasteiger partial charge in [-0.25, -0.2) is 0 Å². The highest BCUT2D eigenvalue weighted by Crippen LogP contribution is 2.13. The molecule has 0 saturated carbocycles. The Morgan fingerprint density at radius 3 is 2.77 bits per heavy atom. The van der Waals surface area contributed by atoms with Crippen molar-refractivity contribution < 1.29 is 4.74 Å². The molecular formula is C21H30N4O. The normalized spacial score (nSPS) is 11.2. The van der Waals surface area contributed by atoms with Crippen LogP contribution in [0.1, 0.15) is 31.5 Å². The third-order valence-electron chi connectivity index (χ3n) is 3.79. The highest BCUT2D eigenvalue weighted by molar-refractivity contribution is 5.79. The van der Waals surface area contributed by atoms with E-state index >= 15 is 0 Å². The van der Waals surface area contributed by atoms with Crippen molar-refractivity contribution in [1.29, 1.82) is 0 Å². The Bertz CT molecular complexity index is 658. The van der Waals surface area contributed by atoms with Crippen LogP contribution < -0.4 is 15.4 Å². The molecule has 2 rings (SSSR count). The standard InChI is InChI=1S/C21H30N4O/c1-3-16-26-20-10-7-8-18(17-20)11-14-24-21(22-4-2)25-15-12-19-9-5-6-13-23-19/h5-10,13,17H,3-4,11-12,14-16H2,1-2H3,(H2,22,24,25). The van der Waals surface area contributed by atoms with Crippen LogP contribution in [0.4, 0.5) is 0 Å². The summed E-state index contributed by atoms with van der Waals surface area (Å²) in [4.78, 5) is 8.96. The largest absolute Gasteiger partial charge is 0.494 e. The Hall–Kier alpha value is -2.56. The second-order valence-corrected chi connectivity index (χ2v) is 6.00. The number of aromatic nitrogens is 1. The molecule has 0 aliphatic heterocycles. The first-order valence-electron chi connectivity index (χ1n) is 9.45. The lowest BCUT2D eigenvalue weighted by Gasteiger charge is -2.12.